The SMILES string of the molecule is COc1cc(/C=N/NC(=O)n2c(C)nc3ccccc3c2=O)ccc1O. The van der Waals surface area contributed by atoms with Gasteiger partial charge in [-0.3, -0.25) is 4.79 Å². The van der Waals surface area contributed by atoms with Crippen molar-refractivity contribution in [1.82, 2.24) is 15.0 Å². The number of amides is 1. The van der Waals surface area contributed by atoms with Crippen molar-refractivity contribution in [3.8, 4) is 11.5 Å². The summed E-state index contributed by atoms with van der Waals surface area (Å²) < 4.78 is 5.93. The van der Waals surface area contributed by atoms with E-state index in [1.54, 1.807) is 43.3 Å². The molecule has 0 unspecified atom stereocenters. The van der Waals surface area contributed by atoms with E-state index in [1.807, 2.05) is 0 Å². The Morgan fingerprint density at radius 3 is 2.85 bits per heavy atom. The molecule has 0 aliphatic heterocycles. The van der Waals surface area contributed by atoms with Crippen molar-refractivity contribution < 1.29 is 14.6 Å². The van der Waals surface area contributed by atoms with Crippen LogP contribution in [-0.4, -0.2) is 34.0 Å². The topological polar surface area (TPSA) is 106 Å². The molecule has 3 aromatic rings. The van der Waals surface area contributed by atoms with Gasteiger partial charge >= 0.3 is 6.03 Å². The predicted molar refractivity (Wildman–Crippen MR) is 96.9 cm³/mol. The number of carbonyl (C=O) groups excluding carboxylic acids is 1. The zero-order chi connectivity index (χ0) is 18.7. The summed E-state index contributed by atoms with van der Waals surface area (Å²) in [6.45, 7) is 1.57. The lowest BCUT2D eigenvalue weighted by molar-refractivity contribution is 0.241. The first-order chi connectivity index (χ1) is 12.5. The first kappa shape index (κ1) is 17.2. The third-order valence-corrected chi connectivity index (χ3v) is 3.72. The number of nitrogens with one attached hydrogen (secondary N) is 1. The van der Waals surface area contributed by atoms with E-state index in [0.29, 0.717) is 16.5 Å². The van der Waals surface area contributed by atoms with Crippen LogP contribution < -0.4 is 15.7 Å². The zero-order valence-corrected chi connectivity index (χ0v) is 14.1. The lowest BCUT2D eigenvalue weighted by Gasteiger charge is -2.08. The molecule has 26 heavy (non-hydrogen) atoms. The number of ether oxygens (including phenoxy) is 1. The second kappa shape index (κ2) is 7.06. The Kier molecular flexibility index (Phi) is 4.66. The minimum atomic E-state index is -0.715. The van der Waals surface area contributed by atoms with Crippen LogP contribution in [-0.2, 0) is 0 Å². The number of methoxy groups -OCH3 is 1. The number of para-hydroxylation sites is 1. The number of aromatic hydroxyl groups is 1. The van der Waals surface area contributed by atoms with E-state index in [2.05, 4.69) is 15.5 Å². The zero-order valence-electron chi connectivity index (χ0n) is 14.1. The van der Waals surface area contributed by atoms with Gasteiger partial charge in [-0.25, -0.2) is 19.8 Å². The average molecular weight is 352 g/mol. The van der Waals surface area contributed by atoms with Crippen LogP contribution in [0.3, 0.4) is 0 Å². The van der Waals surface area contributed by atoms with Crippen LogP contribution in [0.5, 0.6) is 11.5 Å². The number of phenolic OH excluding ortho intramolecular Hbond substituents is 1. The van der Waals surface area contributed by atoms with Crippen LogP contribution in [0, 0.1) is 6.92 Å². The summed E-state index contributed by atoms with van der Waals surface area (Å²) in [7, 11) is 1.43. The van der Waals surface area contributed by atoms with Crippen molar-refractivity contribution in [3.05, 3.63) is 64.2 Å². The summed E-state index contributed by atoms with van der Waals surface area (Å²) in [5.74, 6) is 0.539. The van der Waals surface area contributed by atoms with E-state index in [4.69, 9.17) is 4.74 Å². The lowest BCUT2D eigenvalue weighted by Crippen LogP contribution is -2.36. The van der Waals surface area contributed by atoms with Crippen LogP contribution in [0.2, 0.25) is 0 Å². The maximum atomic E-state index is 12.5. The molecular formula is C18H16N4O4. The van der Waals surface area contributed by atoms with Crippen molar-refractivity contribution >= 4 is 23.1 Å². The van der Waals surface area contributed by atoms with E-state index < -0.39 is 11.6 Å². The average Bonchev–Trinajstić information content (AvgIpc) is 2.63. The maximum Gasteiger partial charge on any atom is 0.350 e. The number of rotatable bonds is 3. The quantitative estimate of drug-likeness (QED) is 0.554. The van der Waals surface area contributed by atoms with Gasteiger partial charge in [-0.15, -0.1) is 0 Å². The van der Waals surface area contributed by atoms with Crippen molar-refractivity contribution in [2.45, 2.75) is 6.92 Å². The molecule has 8 nitrogen and oxygen atoms in total. The number of hydrogen-bond acceptors (Lipinski definition) is 6. The van der Waals surface area contributed by atoms with Crippen LogP contribution in [0.1, 0.15) is 11.4 Å². The highest BCUT2D eigenvalue weighted by atomic mass is 16.5. The lowest BCUT2D eigenvalue weighted by atomic mass is 10.2. The van der Waals surface area contributed by atoms with E-state index in [9.17, 15) is 14.7 Å². The molecule has 3 rings (SSSR count). The molecule has 1 heterocycles. The van der Waals surface area contributed by atoms with Crippen LogP contribution in [0.4, 0.5) is 4.79 Å². The van der Waals surface area contributed by atoms with E-state index in [0.717, 1.165) is 4.57 Å². The standard InChI is InChI=1S/C18H16N4O4/c1-11-20-14-6-4-3-5-13(14)17(24)22(11)18(25)21-19-10-12-7-8-15(23)16(9-12)26-2/h3-10,23H,1-2H3,(H,21,25)/b19-10+. The first-order valence-electron chi connectivity index (χ1n) is 7.70. The number of aromatic nitrogens is 2. The maximum absolute atomic E-state index is 12.5. The second-order valence-electron chi connectivity index (χ2n) is 5.42. The van der Waals surface area contributed by atoms with Crippen LogP contribution in [0.15, 0.2) is 52.4 Å². The Hall–Kier alpha value is -3.68. The number of carbonyl (C=O) groups is 1. The molecule has 0 saturated heterocycles. The van der Waals surface area contributed by atoms with Gasteiger partial charge in [0.2, 0.25) is 0 Å². The van der Waals surface area contributed by atoms with Crippen molar-refractivity contribution in [2.24, 2.45) is 5.10 Å². The summed E-state index contributed by atoms with van der Waals surface area (Å²) in [5.41, 5.74) is 2.95. The molecular weight excluding hydrogens is 336 g/mol. The molecule has 0 aliphatic carbocycles. The Morgan fingerprint density at radius 2 is 2.08 bits per heavy atom. The van der Waals surface area contributed by atoms with Gasteiger partial charge in [-0.05, 0) is 42.8 Å². The minimum absolute atomic E-state index is 0.00176. The van der Waals surface area contributed by atoms with Gasteiger partial charge in [-0.1, -0.05) is 12.1 Å². The Balaban J connectivity index is 1.85. The first-order valence-corrected chi connectivity index (χ1v) is 7.70. The molecule has 0 atom stereocenters. The highest BCUT2D eigenvalue weighted by molar-refractivity contribution is 5.85. The van der Waals surface area contributed by atoms with Gasteiger partial charge in [-0.2, -0.15) is 5.10 Å². The molecule has 8 heteroatoms. The Morgan fingerprint density at radius 1 is 1.31 bits per heavy atom. The molecule has 1 aromatic heterocycles. The van der Waals surface area contributed by atoms with E-state index in [-0.39, 0.29) is 17.3 Å². The molecule has 1 amide bonds. The third-order valence-electron chi connectivity index (χ3n) is 3.72. The second-order valence-corrected chi connectivity index (χ2v) is 5.42. The van der Waals surface area contributed by atoms with Crippen LogP contribution in [0.25, 0.3) is 10.9 Å². The molecule has 132 valence electrons. The molecule has 2 aromatic carbocycles. The Labute approximate surface area is 148 Å². The van der Waals surface area contributed by atoms with E-state index in [1.165, 1.54) is 19.4 Å². The molecule has 0 bridgehead atoms. The number of hydrazone groups is 1. The fraction of sp³-hybridized carbons (Fsp3) is 0.111. The van der Waals surface area contributed by atoms with Gasteiger partial charge < -0.3 is 9.84 Å². The summed E-state index contributed by atoms with van der Waals surface area (Å²) >= 11 is 0. The normalized spacial score (nSPS) is 11.0. The Bertz CT molecular complexity index is 1070. The summed E-state index contributed by atoms with van der Waals surface area (Å²) in [6.07, 6.45) is 1.37. The fourth-order valence-electron chi connectivity index (χ4n) is 2.47. The fourth-order valence-corrected chi connectivity index (χ4v) is 2.47. The van der Waals surface area contributed by atoms with Gasteiger partial charge in [0.15, 0.2) is 11.5 Å². The van der Waals surface area contributed by atoms with Crippen molar-refractivity contribution in [1.29, 1.82) is 0 Å². The predicted octanol–water partition coefficient (Wildman–Crippen LogP) is 2.01. The highest BCUT2D eigenvalue weighted by Gasteiger charge is 2.13. The number of benzene rings is 2. The number of hydrogen-bond donors (Lipinski definition) is 2. The summed E-state index contributed by atoms with van der Waals surface area (Å²) in [6, 6.07) is 10.7. The third kappa shape index (κ3) is 3.25. The molecule has 2 N–H and O–H groups in total. The smallest absolute Gasteiger partial charge is 0.350 e. The van der Waals surface area contributed by atoms with Gasteiger partial charge in [0.05, 0.1) is 24.2 Å². The van der Waals surface area contributed by atoms with Gasteiger partial charge in [0.1, 0.15) is 5.82 Å². The van der Waals surface area contributed by atoms with E-state index >= 15 is 0 Å². The number of aryl methyl sites for hydroxylation is 1. The molecule has 0 saturated carbocycles. The highest BCUT2D eigenvalue weighted by Crippen LogP contribution is 2.25. The molecule has 0 aliphatic rings. The van der Waals surface area contributed by atoms with Crippen molar-refractivity contribution in [3.63, 3.8) is 0 Å². The number of nitrogens with zero attached hydrogens (tertiary/aromatic N) is 3. The largest absolute Gasteiger partial charge is 0.504 e. The monoisotopic (exact) mass is 352 g/mol. The summed E-state index contributed by atoms with van der Waals surface area (Å²) in [5, 5.41) is 13.7. The summed E-state index contributed by atoms with van der Waals surface area (Å²) in [4.78, 5) is 29.1. The van der Waals surface area contributed by atoms with Gasteiger partial charge in [0.25, 0.3) is 5.56 Å². The minimum Gasteiger partial charge on any atom is -0.504 e. The number of phenols is 1. The van der Waals surface area contributed by atoms with Gasteiger partial charge in [0, 0.05) is 0 Å². The van der Waals surface area contributed by atoms with Crippen molar-refractivity contribution in [2.75, 3.05) is 7.11 Å². The molecule has 0 radical (unpaired) electrons. The van der Waals surface area contributed by atoms with Crippen LogP contribution >= 0.6 is 0 Å². The molecule has 0 fully saturated rings. The molecule has 0 spiro atoms. The number of fused-ring (bicyclic) bond motifs is 1.